The number of nitrogens with one attached hydrogen (secondary N) is 1. The number of hydrogen-bond donors (Lipinski definition) is 1. The number of methoxy groups -OCH3 is 1. The number of esters is 1. The van der Waals surface area contributed by atoms with Gasteiger partial charge in [-0.3, -0.25) is 4.79 Å². The smallest absolute Gasteiger partial charge is 0.338 e. The Morgan fingerprint density at radius 3 is 2.50 bits per heavy atom. The Balaban J connectivity index is 1.83. The van der Waals surface area contributed by atoms with Crippen LogP contribution in [0.4, 0.5) is 5.69 Å². The third-order valence-corrected chi connectivity index (χ3v) is 3.57. The van der Waals surface area contributed by atoms with Gasteiger partial charge in [0.2, 0.25) is 5.91 Å². The van der Waals surface area contributed by atoms with Crippen LogP contribution >= 0.6 is 0 Å². The third kappa shape index (κ3) is 4.84. The van der Waals surface area contributed by atoms with Crippen LogP contribution in [-0.2, 0) is 9.53 Å². The molecule has 0 saturated carbocycles. The van der Waals surface area contributed by atoms with E-state index in [1.807, 2.05) is 30.3 Å². The number of rotatable bonds is 7. The summed E-state index contributed by atoms with van der Waals surface area (Å²) in [5, 5.41) is 2.83. The molecule has 0 unspecified atom stereocenters. The van der Waals surface area contributed by atoms with Crippen molar-refractivity contribution in [3.8, 4) is 5.75 Å². The van der Waals surface area contributed by atoms with Crippen LogP contribution in [0.2, 0.25) is 0 Å². The molecular formula is C19H21NO4. The maximum atomic E-state index is 12.0. The van der Waals surface area contributed by atoms with E-state index in [-0.39, 0.29) is 5.91 Å². The number of amides is 1. The van der Waals surface area contributed by atoms with E-state index in [1.54, 1.807) is 25.1 Å². The Bertz CT molecular complexity index is 698. The molecule has 1 N–H and O–H groups in total. The second-order valence-electron chi connectivity index (χ2n) is 5.28. The Kier molecular flexibility index (Phi) is 6.37. The standard InChI is InChI=1S/C19H21NO4/c1-14-16(19(22)23-2)10-6-11-17(14)20-18(21)12-7-13-24-15-8-4-3-5-9-15/h3-6,8-11H,7,12-13H2,1-2H3,(H,20,21). The van der Waals surface area contributed by atoms with E-state index in [4.69, 9.17) is 9.47 Å². The van der Waals surface area contributed by atoms with Gasteiger partial charge in [-0.05, 0) is 43.2 Å². The van der Waals surface area contributed by atoms with Crippen molar-refractivity contribution in [3.63, 3.8) is 0 Å². The third-order valence-electron chi connectivity index (χ3n) is 3.57. The van der Waals surface area contributed by atoms with Gasteiger partial charge in [0.25, 0.3) is 0 Å². The molecule has 5 heteroatoms. The fraction of sp³-hybridized carbons (Fsp3) is 0.263. The van der Waals surface area contributed by atoms with Crippen molar-refractivity contribution >= 4 is 17.6 Å². The summed E-state index contributed by atoms with van der Waals surface area (Å²) in [5.74, 6) is 0.260. The zero-order chi connectivity index (χ0) is 17.4. The number of carbonyl (C=O) groups is 2. The molecule has 2 aromatic rings. The minimum absolute atomic E-state index is 0.114. The molecule has 0 bridgehead atoms. The maximum absolute atomic E-state index is 12.0. The second-order valence-corrected chi connectivity index (χ2v) is 5.28. The van der Waals surface area contributed by atoms with Crippen LogP contribution in [0.25, 0.3) is 0 Å². The molecule has 0 saturated heterocycles. The lowest BCUT2D eigenvalue weighted by atomic mass is 10.1. The molecular weight excluding hydrogens is 306 g/mol. The number of carbonyl (C=O) groups excluding carboxylic acids is 2. The second kappa shape index (κ2) is 8.72. The van der Waals surface area contributed by atoms with Crippen LogP contribution in [0, 0.1) is 6.92 Å². The van der Waals surface area contributed by atoms with Gasteiger partial charge < -0.3 is 14.8 Å². The summed E-state index contributed by atoms with van der Waals surface area (Å²) < 4.78 is 10.3. The van der Waals surface area contributed by atoms with Crippen LogP contribution in [0.15, 0.2) is 48.5 Å². The van der Waals surface area contributed by atoms with E-state index >= 15 is 0 Å². The molecule has 0 aliphatic rings. The first-order chi connectivity index (χ1) is 11.6. The highest BCUT2D eigenvalue weighted by molar-refractivity contribution is 5.96. The number of benzene rings is 2. The first kappa shape index (κ1) is 17.5. The van der Waals surface area contributed by atoms with E-state index in [2.05, 4.69) is 5.32 Å². The Hall–Kier alpha value is -2.82. The molecule has 0 fully saturated rings. The highest BCUT2D eigenvalue weighted by Crippen LogP contribution is 2.20. The topological polar surface area (TPSA) is 64.6 Å². The SMILES string of the molecule is COC(=O)c1cccc(NC(=O)CCCOc2ccccc2)c1C. The molecule has 5 nitrogen and oxygen atoms in total. The van der Waals surface area contributed by atoms with E-state index < -0.39 is 5.97 Å². The molecule has 126 valence electrons. The fourth-order valence-corrected chi connectivity index (χ4v) is 2.25. The van der Waals surface area contributed by atoms with Crippen molar-refractivity contribution in [2.75, 3.05) is 19.0 Å². The summed E-state index contributed by atoms with van der Waals surface area (Å²) in [7, 11) is 1.33. The Labute approximate surface area is 141 Å². The van der Waals surface area contributed by atoms with Crippen molar-refractivity contribution in [2.24, 2.45) is 0 Å². The van der Waals surface area contributed by atoms with Gasteiger partial charge >= 0.3 is 5.97 Å². The van der Waals surface area contributed by atoms with Crippen LogP contribution < -0.4 is 10.1 Å². The summed E-state index contributed by atoms with van der Waals surface area (Å²) in [6.45, 7) is 2.25. The fourth-order valence-electron chi connectivity index (χ4n) is 2.25. The largest absolute Gasteiger partial charge is 0.494 e. The van der Waals surface area contributed by atoms with Crippen LogP contribution in [0.5, 0.6) is 5.75 Å². The van der Waals surface area contributed by atoms with Gasteiger partial charge in [0, 0.05) is 12.1 Å². The average Bonchev–Trinajstić information content (AvgIpc) is 2.61. The summed E-state index contributed by atoms with van der Waals surface area (Å²) in [6.07, 6.45) is 0.950. The van der Waals surface area contributed by atoms with Gasteiger partial charge in [0.05, 0.1) is 19.3 Å². The molecule has 1 amide bonds. The average molecular weight is 327 g/mol. The highest BCUT2D eigenvalue weighted by Gasteiger charge is 2.13. The minimum atomic E-state index is -0.417. The predicted molar refractivity (Wildman–Crippen MR) is 92.3 cm³/mol. The van der Waals surface area contributed by atoms with Crippen molar-refractivity contribution in [2.45, 2.75) is 19.8 Å². The van der Waals surface area contributed by atoms with Gasteiger partial charge in [-0.2, -0.15) is 0 Å². The molecule has 2 aromatic carbocycles. The van der Waals surface area contributed by atoms with Gasteiger partial charge in [0.15, 0.2) is 0 Å². The summed E-state index contributed by atoms with van der Waals surface area (Å²) >= 11 is 0. The monoisotopic (exact) mass is 327 g/mol. The molecule has 0 aliphatic heterocycles. The number of hydrogen-bond acceptors (Lipinski definition) is 4. The minimum Gasteiger partial charge on any atom is -0.494 e. The van der Waals surface area contributed by atoms with Gasteiger partial charge in [-0.15, -0.1) is 0 Å². The first-order valence-electron chi connectivity index (χ1n) is 7.77. The molecule has 0 aliphatic carbocycles. The normalized spacial score (nSPS) is 10.1. The predicted octanol–water partition coefficient (Wildman–Crippen LogP) is 3.58. The molecule has 0 atom stereocenters. The quantitative estimate of drug-likeness (QED) is 0.623. The van der Waals surface area contributed by atoms with Crippen LogP contribution in [0.3, 0.4) is 0 Å². The number of para-hydroxylation sites is 1. The van der Waals surface area contributed by atoms with E-state index in [9.17, 15) is 9.59 Å². The van der Waals surface area contributed by atoms with Crippen molar-refractivity contribution < 1.29 is 19.1 Å². The lowest BCUT2D eigenvalue weighted by Crippen LogP contribution is -2.15. The van der Waals surface area contributed by atoms with Crippen molar-refractivity contribution in [3.05, 3.63) is 59.7 Å². The number of anilines is 1. The molecule has 2 rings (SSSR count). The zero-order valence-electron chi connectivity index (χ0n) is 13.9. The van der Waals surface area contributed by atoms with Crippen molar-refractivity contribution in [1.29, 1.82) is 0 Å². The Morgan fingerprint density at radius 1 is 1.04 bits per heavy atom. The molecule has 0 aromatic heterocycles. The lowest BCUT2D eigenvalue weighted by Gasteiger charge is -2.11. The summed E-state index contributed by atoms with van der Waals surface area (Å²) in [4.78, 5) is 23.7. The maximum Gasteiger partial charge on any atom is 0.338 e. The molecule has 0 heterocycles. The van der Waals surface area contributed by atoms with E-state index in [1.165, 1.54) is 7.11 Å². The molecule has 24 heavy (non-hydrogen) atoms. The van der Waals surface area contributed by atoms with Gasteiger partial charge in [0.1, 0.15) is 5.75 Å². The molecule has 0 radical (unpaired) electrons. The van der Waals surface area contributed by atoms with Gasteiger partial charge in [-0.1, -0.05) is 24.3 Å². The lowest BCUT2D eigenvalue weighted by molar-refractivity contribution is -0.116. The summed E-state index contributed by atoms with van der Waals surface area (Å²) in [5.41, 5.74) is 1.76. The molecule has 0 spiro atoms. The van der Waals surface area contributed by atoms with Crippen LogP contribution in [-0.4, -0.2) is 25.6 Å². The summed E-state index contributed by atoms with van der Waals surface area (Å²) in [6, 6.07) is 14.6. The highest BCUT2D eigenvalue weighted by atomic mass is 16.5. The first-order valence-corrected chi connectivity index (χ1v) is 7.77. The van der Waals surface area contributed by atoms with Crippen LogP contribution in [0.1, 0.15) is 28.8 Å². The zero-order valence-corrected chi connectivity index (χ0v) is 13.9. The van der Waals surface area contributed by atoms with Crippen molar-refractivity contribution in [1.82, 2.24) is 0 Å². The van der Waals surface area contributed by atoms with E-state index in [0.717, 1.165) is 5.75 Å². The van der Waals surface area contributed by atoms with Gasteiger partial charge in [-0.25, -0.2) is 4.79 Å². The Morgan fingerprint density at radius 2 is 1.79 bits per heavy atom. The number of ether oxygens (including phenoxy) is 2. The van der Waals surface area contributed by atoms with E-state index in [0.29, 0.717) is 36.3 Å².